The molecule has 2 amide bonds. The van der Waals surface area contributed by atoms with Gasteiger partial charge in [-0.2, -0.15) is 0 Å². The van der Waals surface area contributed by atoms with Gasteiger partial charge >= 0.3 is 0 Å². The van der Waals surface area contributed by atoms with Gasteiger partial charge in [0.1, 0.15) is 6.04 Å². The summed E-state index contributed by atoms with van der Waals surface area (Å²) in [6.45, 7) is 0.974. The standard InChI is InChI=1S/C14H17ClN2O3/c15-11-3-1-2-9(6-11)7-12(13(16)18)17-14(19)10-4-5-20-8-10/h1-3,6,10,12H,4-5,7-8H2,(H2,16,18)(H,17,19)/t10-,12+/m0/s1. The van der Waals surface area contributed by atoms with Gasteiger partial charge in [-0.05, 0) is 24.1 Å². The number of nitrogens with one attached hydrogen (secondary N) is 1. The Bertz CT molecular complexity index is 501. The highest BCUT2D eigenvalue weighted by molar-refractivity contribution is 6.30. The van der Waals surface area contributed by atoms with E-state index in [9.17, 15) is 9.59 Å². The Hall–Kier alpha value is -1.59. The third-order valence-electron chi connectivity index (χ3n) is 3.29. The summed E-state index contributed by atoms with van der Waals surface area (Å²) in [5.41, 5.74) is 6.20. The second-order valence-electron chi connectivity index (χ2n) is 4.86. The minimum absolute atomic E-state index is 0.187. The van der Waals surface area contributed by atoms with E-state index < -0.39 is 11.9 Å². The molecule has 2 rings (SSSR count). The van der Waals surface area contributed by atoms with Crippen molar-refractivity contribution in [2.24, 2.45) is 11.7 Å². The second-order valence-corrected chi connectivity index (χ2v) is 5.29. The number of benzene rings is 1. The summed E-state index contributed by atoms with van der Waals surface area (Å²) in [4.78, 5) is 23.5. The zero-order chi connectivity index (χ0) is 14.5. The minimum atomic E-state index is -0.735. The summed E-state index contributed by atoms with van der Waals surface area (Å²) in [7, 11) is 0. The van der Waals surface area contributed by atoms with E-state index in [1.165, 1.54) is 0 Å². The molecular weight excluding hydrogens is 280 g/mol. The third kappa shape index (κ3) is 3.95. The van der Waals surface area contributed by atoms with E-state index in [1.807, 2.05) is 6.07 Å². The first-order valence-corrected chi connectivity index (χ1v) is 6.86. The Balaban J connectivity index is 2.00. The number of ether oxygens (including phenoxy) is 1. The van der Waals surface area contributed by atoms with Gasteiger partial charge in [0.15, 0.2) is 0 Å². The van der Waals surface area contributed by atoms with Crippen LogP contribution in [-0.4, -0.2) is 31.1 Å². The summed E-state index contributed by atoms with van der Waals surface area (Å²) in [6.07, 6.45) is 1.00. The van der Waals surface area contributed by atoms with Gasteiger partial charge in [0, 0.05) is 18.1 Å². The molecule has 3 N–H and O–H groups in total. The molecule has 5 nitrogen and oxygen atoms in total. The lowest BCUT2D eigenvalue weighted by Gasteiger charge is -2.17. The van der Waals surface area contributed by atoms with Crippen LogP contribution in [0.3, 0.4) is 0 Å². The molecule has 1 aromatic carbocycles. The lowest BCUT2D eigenvalue weighted by atomic mass is 10.0. The molecule has 1 aliphatic heterocycles. The largest absolute Gasteiger partial charge is 0.381 e. The molecule has 20 heavy (non-hydrogen) atoms. The number of nitrogens with two attached hydrogens (primary N) is 1. The van der Waals surface area contributed by atoms with Crippen LogP contribution >= 0.6 is 11.6 Å². The van der Waals surface area contributed by atoms with Crippen LogP contribution in [0.2, 0.25) is 5.02 Å². The fourth-order valence-corrected chi connectivity index (χ4v) is 2.37. The van der Waals surface area contributed by atoms with Crippen molar-refractivity contribution >= 4 is 23.4 Å². The summed E-state index contributed by atoms with van der Waals surface area (Å²) in [5.74, 6) is -0.943. The molecule has 2 atom stereocenters. The number of hydrogen-bond acceptors (Lipinski definition) is 3. The topological polar surface area (TPSA) is 81.4 Å². The second kappa shape index (κ2) is 6.72. The average Bonchev–Trinajstić information content (AvgIpc) is 2.91. The lowest BCUT2D eigenvalue weighted by molar-refractivity contribution is -0.129. The first-order chi connectivity index (χ1) is 9.56. The smallest absolute Gasteiger partial charge is 0.240 e. The van der Waals surface area contributed by atoms with Crippen molar-refractivity contribution in [1.29, 1.82) is 0 Å². The molecule has 6 heteroatoms. The molecule has 0 aliphatic carbocycles. The van der Waals surface area contributed by atoms with E-state index in [0.717, 1.165) is 5.56 Å². The lowest BCUT2D eigenvalue weighted by Crippen LogP contribution is -2.48. The Morgan fingerprint density at radius 3 is 2.90 bits per heavy atom. The molecule has 0 saturated carbocycles. The maximum atomic E-state index is 12.0. The fraction of sp³-hybridized carbons (Fsp3) is 0.429. The molecule has 108 valence electrons. The number of halogens is 1. The van der Waals surface area contributed by atoms with Crippen LogP contribution in [0, 0.1) is 5.92 Å². The molecule has 1 aliphatic rings. The van der Waals surface area contributed by atoms with Crippen molar-refractivity contribution in [3.63, 3.8) is 0 Å². The van der Waals surface area contributed by atoms with Crippen LogP contribution in [-0.2, 0) is 20.7 Å². The number of rotatable bonds is 5. The Morgan fingerprint density at radius 1 is 1.50 bits per heavy atom. The van der Waals surface area contributed by atoms with E-state index in [4.69, 9.17) is 22.1 Å². The molecule has 0 bridgehead atoms. The van der Waals surface area contributed by atoms with Gasteiger partial charge in [-0.25, -0.2) is 0 Å². The highest BCUT2D eigenvalue weighted by atomic mass is 35.5. The number of carbonyl (C=O) groups excluding carboxylic acids is 2. The van der Waals surface area contributed by atoms with Gasteiger partial charge in [-0.15, -0.1) is 0 Å². The van der Waals surface area contributed by atoms with Crippen LogP contribution in [0.1, 0.15) is 12.0 Å². The molecule has 0 aromatic heterocycles. The third-order valence-corrected chi connectivity index (χ3v) is 3.52. The summed E-state index contributed by atoms with van der Waals surface area (Å²) in [5, 5.41) is 3.27. The quantitative estimate of drug-likeness (QED) is 0.846. The van der Waals surface area contributed by atoms with Crippen LogP contribution in [0.4, 0.5) is 0 Å². The first-order valence-electron chi connectivity index (χ1n) is 6.48. The predicted octanol–water partition coefficient (Wildman–Crippen LogP) is 0.889. The number of amides is 2. The van der Waals surface area contributed by atoms with Gasteiger partial charge < -0.3 is 15.8 Å². The molecule has 0 unspecified atom stereocenters. The molecular formula is C14H17ClN2O3. The van der Waals surface area contributed by atoms with Crippen molar-refractivity contribution in [3.8, 4) is 0 Å². The minimum Gasteiger partial charge on any atom is -0.381 e. The highest BCUT2D eigenvalue weighted by Crippen LogP contribution is 2.14. The van der Waals surface area contributed by atoms with Crippen LogP contribution in [0.15, 0.2) is 24.3 Å². The zero-order valence-corrected chi connectivity index (χ0v) is 11.7. The number of carbonyl (C=O) groups is 2. The van der Waals surface area contributed by atoms with E-state index in [2.05, 4.69) is 5.32 Å². The SMILES string of the molecule is NC(=O)[C@@H](Cc1cccc(Cl)c1)NC(=O)[C@H]1CCOC1. The summed E-state index contributed by atoms with van der Waals surface area (Å²) in [6, 6.07) is 6.40. The Morgan fingerprint density at radius 2 is 2.30 bits per heavy atom. The van der Waals surface area contributed by atoms with Crippen LogP contribution in [0.5, 0.6) is 0 Å². The van der Waals surface area contributed by atoms with E-state index >= 15 is 0 Å². The van der Waals surface area contributed by atoms with Gasteiger partial charge in [-0.3, -0.25) is 9.59 Å². The fourth-order valence-electron chi connectivity index (χ4n) is 2.15. The van der Waals surface area contributed by atoms with Crippen LogP contribution < -0.4 is 11.1 Å². The average molecular weight is 297 g/mol. The molecule has 1 saturated heterocycles. The van der Waals surface area contributed by atoms with Crippen molar-refractivity contribution < 1.29 is 14.3 Å². The molecule has 0 spiro atoms. The number of primary amides is 1. The number of hydrogen-bond donors (Lipinski definition) is 2. The molecule has 1 aromatic rings. The van der Waals surface area contributed by atoms with E-state index in [-0.39, 0.29) is 11.8 Å². The van der Waals surface area contributed by atoms with Crippen molar-refractivity contribution in [2.75, 3.05) is 13.2 Å². The first kappa shape index (κ1) is 14.8. The summed E-state index contributed by atoms with van der Waals surface area (Å²) < 4.78 is 5.16. The highest BCUT2D eigenvalue weighted by Gasteiger charge is 2.27. The van der Waals surface area contributed by atoms with Crippen molar-refractivity contribution in [2.45, 2.75) is 18.9 Å². The monoisotopic (exact) mass is 296 g/mol. The predicted molar refractivity (Wildman–Crippen MR) is 75.2 cm³/mol. The Labute approximate surface area is 122 Å². The van der Waals surface area contributed by atoms with Gasteiger partial charge in [0.25, 0.3) is 0 Å². The van der Waals surface area contributed by atoms with Crippen molar-refractivity contribution in [1.82, 2.24) is 5.32 Å². The van der Waals surface area contributed by atoms with E-state index in [1.54, 1.807) is 18.2 Å². The molecule has 1 heterocycles. The molecule has 1 fully saturated rings. The maximum absolute atomic E-state index is 12.0. The molecule has 0 radical (unpaired) electrons. The summed E-state index contributed by atoms with van der Waals surface area (Å²) >= 11 is 5.90. The van der Waals surface area contributed by atoms with Crippen molar-refractivity contribution in [3.05, 3.63) is 34.9 Å². The normalized spacial score (nSPS) is 19.6. The zero-order valence-electron chi connectivity index (χ0n) is 11.0. The van der Waals surface area contributed by atoms with Gasteiger partial charge in [0.2, 0.25) is 11.8 Å². The van der Waals surface area contributed by atoms with Gasteiger partial charge in [-0.1, -0.05) is 23.7 Å². The Kier molecular flexibility index (Phi) is 4.98. The maximum Gasteiger partial charge on any atom is 0.240 e. The van der Waals surface area contributed by atoms with E-state index in [0.29, 0.717) is 31.1 Å². The van der Waals surface area contributed by atoms with Gasteiger partial charge in [0.05, 0.1) is 12.5 Å². The van der Waals surface area contributed by atoms with Crippen LogP contribution in [0.25, 0.3) is 0 Å².